The summed E-state index contributed by atoms with van der Waals surface area (Å²) >= 11 is 0. The summed E-state index contributed by atoms with van der Waals surface area (Å²) in [6.07, 6.45) is 0.991. The fraction of sp³-hybridized carbons (Fsp3) is 0.438. The SMILES string of the molecule is Cc1cccc(-c2nnc(NCCOCCOS(C)(=O)=O)nc2N)c1C. The third-order valence-electron chi connectivity index (χ3n) is 3.63. The van der Waals surface area contributed by atoms with Crippen molar-refractivity contribution in [3.05, 3.63) is 29.3 Å². The number of benzene rings is 1. The molecule has 1 aromatic carbocycles. The lowest BCUT2D eigenvalue weighted by Gasteiger charge is -2.10. The minimum absolute atomic E-state index is 0.0195. The van der Waals surface area contributed by atoms with Crippen LogP contribution in [0.3, 0.4) is 0 Å². The van der Waals surface area contributed by atoms with E-state index in [4.69, 9.17) is 10.5 Å². The number of hydrogen-bond donors (Lipinski definition) is 2. The molecule has 3 N–H and O–H groups in total. The van der Waals surface area contributed by atoms with Crippen LogP contribution in [0.2, 0.25) is 0 Å². The number of nitrogens with one attached hydrogen (secondary N) is 1. The van der Waals surface area contributed by atoms with Crippen LogP contribution in [0.25, 0.3) is 11.3 Å². The molecular weight excluding hydrogens is 358 g/mol. The number of nitrogens with two attached hydrogens (primary N) is 1. The van der Waals surface area contributed by atoms with Crippen LogP contribution in [-0.4, -0.2) is 56.2 Å². The minimum atomic E-state index is -3.44. The van der Waals surface area contributed by atoms with E-state index in [1.165, 1.54) is 0 Å². The van der Waals surface area contributed by atoms with Crippen LogP contribution in [0.5, 0.6) is 0 Å². The fourth-order valence-electron chi connectivity index (χ4n) is 2.19. The molecule has 0 saturated heterocycles. The molecule has 0 aliphatic carbocycles. The molecule has 9 nitrogen and oxygen atoms in total. The first kappa shape index (κ1) is 20.0. The Balaban J connectivity index is 1.85. The first-order chi connectivity index (χ1) is 12.3. The fourth-order valence-corrected chi connectivity index (χ4v) is 2.56. The Hall–Kier alpha value is -2.30. The van der Waals surface area contributed by atoms with Crippen LogP contribution >= 0.6 is 0 Å². The Kier molecular flexibility index (Phi) is 6.83. The summed E-state index contributed by atoms with van der Waals surface area (Å²) in [5, 5.41) is 11.2. The largest absolute Gasteiger partial charge is 0.382 e. The predicted octanol–water partition coefficient (Wildman–Crippen LogP) is 1.14. The van der Waals surface area contributed by atoms with Crippen molar-refractivity contribution in [2.75, 3.05) is 43.7 Å². The Morgan fingerprint density at radius 1 is 1.15 bits per heavy atom. The maximum absolute atomic E-state index is 10.8. The second-order valence-corrected chi connectivity index (χ2v) is 7.33. The van der Waals surface area contributed by atoms with Crippen LogP contribution in [0.4, 0.5) is 11.8 Å². The van der Waals surface area contributed by atoms with E-state index < -0.39 is 10.1 Å². The minimum Gasteiger partial charge on any atom is -0.382 e. The van der Waals surface area contributed by atoms with E-state index in [-0.39, 0.29) is 13.2 Å². The average molecular weight is 381 g/mol. The number of aryl methyl sites for hydroxylation is 1. The van der Waals surface area contributed by atoms with Crippen molar-refractivity contribution >= 4 is 21.9 Å². The lowest BCUT2D eigenvalue weighted by molar-refractivity contribution is 0.110. The second kappa shape index (κ2) is 8.88. The predicted molar refractivity (Wildman–Crippen MR) is 99.3 cm³/mol. The lowest BCUT2D eigenvalue weighted by atomic mass is 10.0. The Bertz CT molecular complexity index is 858. The van der Waals surface area contributed by atoms with Gasteiger partial charge in [0.15, 0.2) is 5.82 Å². The van der Waals surface area contributed by atoms with Crippen LogP contribution in [0.1, 0.15) is 11.1 Å². The zero-order chi connectivity index (χ0) is 19.2. The molecule has 2 rings (SSSR count). The van der Waals surface area contributed by atoms with E-state index in [1.807, 2.05) is 32.0 Å². The first-order valence-electron chi connectivity index (χ1n) is 8.00. The Labute approximate surface area is 153 Å². The quantitative estimate of drug-likeness (QED) is 0.485. The molecule has 0 unspecified atom stereocenters. The molecule has 26 heavy (non-hydrogen) atoms. The maximum atomic E-state index is 10.8. The molecule has 0 saturated carbocycles. The highest BCUT2D eigenvalue weighted by Crippen LogP contribution is 2.27. The molecule has 0 amide bonds. The molecule has 0 aliphatic rings. The summed E-state index contributed by atoms with van der Waals surface area (Å²) in [5.41, 5.74) is 9.70. The standard InChI is InChI=1S/C16H23N5O4S/c1-11-5-4-6-13(12(11)2)14-15(17)19-16(21-20-14)18-7-8-24-9-10-25-26(3,22)23/h4-6H,7-10H2,1-3H3,(H3,17,18,19,21). The molecule has 1 heterocycles. The van der Waals surface area contributed by atoms with Gasteiger partial charge in [-0.15, -0.1) is 10.2 Å². The Morgan fingerprint density at radius 3 is 2.62 bits per heavy atom. The summed E-state index contributed by atoms with van der Waals surface area (Å²) in [7, 11) is -3.44. The van der Waals surface area contributed by atoms with Gasteiger partial charge in [0, 0.05) is 12.1 Å². The second-order valence-electron chi connectivity index (χ2n) is 5.68. The van der Waals surface area contributed by atoms with Crippen LogP contribution in [-0.2, 0) is 19.0 Å². The highest BCUT2D eigenvalue weighted by atomic mass is 32.2. The zero-order valence-electron chi connectivity index (χ0n) is 15.0. The molecule has 1 aromatic heterocycles. The molecule has 0 atom stereocenters. The summed E-state index contributed by atoms with van der Waals surface area (Å²) in [5.74, 6) is 0.589. The van der Waals surface area contributed by atoms with E-state index >= 15 is 0 Å². The number of rotatable bonds is 9. The average Bonchev–Trinajstić information content (AvgIpc) is 2.56. The normalized spacial score (nSPS) is 11.5. The van der Waals surface area contributed by atoms with E-state index in [2.05, 4.69) is 24.7 Å². The van der Waals surface area contributed by atoms with Gasteiger partial charge >= 0.3 is 0 Å². The van der Waals surface area contributed by atoms with Gasteiger partial charge in [-0.3, -0.25) is 4.18 Å². The first-order valence-corrected chi connectivity index (χ1v) is 9.82. The van der Waals surface area contributed by atoms with Crippen molar-refractivity contribution in [3.63, 3.8) is 0 Å². The van der Waals surface area contributed by atoms with Crippen LogP contribution < -0.4 is 11.1 Å². The highest BCUT2D eigenvalue weighted by Gasteiger charge is 2.12. The van der Waals surface area contributed by atoms with Crippen LogP contribution in [0, 0.1) is 13.8 Å². The van der Waals surface area contributed by atoms with Gasteiger partial charge in [0.25, 0.3) is 10.1 Å². The third-order valence-corrected chi connectivity index (χ3v) is 4.22. The molecule has 0 bridgehead atoms. The van der Waals surface area contributed by atoms with Crippen molar-refractivity contribution in [1.82, 2.24) is 15.2 Å². The summed E-state index contributed by atoms with van der Waals surface area (Å²) in [4.78, 5) is 4.22. The van der Waals surface area contributed by atoms with E-state index in [0.717, 1.165) is 22.9 Å². The van der Waals surface area contributed by atoms with E-state index in [0.29, 0.717) is 30.6 Å². The van der Waals surface area contributed by atoms with Gasteiger partial charge in [-0.25, -0.2) is 0 Å². The summed E-state index contributed by atoms with van der Waals surface area (Å²) in [6, 6.07) is 5.90. The van der Waals surface area contributed by atoms with Crippen molar-refractivity contribution < 1.29 is 17.3 Å². The molecule has 142 valence electrons. The van der Waals surface area contributed by atoms with Gasteiger partial charge in [0.2, 0.25) is 5.95 Å². The molecule has 2 aromatic rings. The van der Waals surface area contributed by atoms with Crippen molar-refractivity contribution in [2.24, 2.45) is 0 Å². The van der Waals surface area contributed by atoms with Crippen molar-refractivity contribution in [2.45, 2.75) is 13.8 Å². The molecule has 0 fully saturated rings. The lowest BCUT2D eigenvalue weighted by Crippen LogP contribution is -2.16. The number of aromatic nitrogens is 3. The molecule has 0 aliphatic heterocycles. The van der Waals surface area contributed by atoms with Gasteiger partial charge in [-0.1, -0.05) is 18.2 Å². The van der Waals surface area contributed by atoms with E-state index in [9.17, 15) is 8.42 Å². The molecule has 10 heteroatoms. The van der Waals surface area contributed by atoms with Gasteiger partial charge in [-0.05, 0) is 25.0 Å². The highest BCUT2D eigenvalue weighted by molar-refractivity contribution is 7.85. The van der Waals surface area contributed by atoms with Gasteiger partial charge in [-0.2, -0.15) is 13.4 Å². The maximum Gasteiger partial charge on any atom is 0.264 e. The zero-order valence-corrected chi connectivity index (χ0v) is 15.8. The number of hydrogen-bond acceptors (Lipinski definition) is 9. The number of anilines is 2. The third kappa shape index (κ3) is 5.90. The number of nitrogens with zero attached hydrogens (tertiary/aromatic N) is 3. The van der Waals surface area contributed by atoms with E-state index in [1.54, 1.807) is 0 Å². The smallest absolute Gasteiger partial charge is 0.264 e. The molecular formula is C16H23N5O4S. The van der Waals surface area contributed by atoms with Gasteiger partial charge in [0.05, 0.1) is 26.1 Å². The summed E-state index contributed by atoms with van der Waals surface area (Å²) in [6.45, 7) is 4.92. The van der Waals surface area contributed by atoms with Gasteiger partial charge < -0.3 is 15.8 Å². The monoisotopic (exact) mass is 381 g/mol. The molecule has 0 radical (unpaired) electrons. The Morgan fingerprint density at radius 2 is 1.92 bits per heavy atom. The number of ether oxygens (including phenoxy) is 1. The topological polar surface area (TPSA) is 129 Å². The molecule has 0 spiro atoms. The van der Waals surface area contributed by atoms with Crippen molar-refractivity contribution in [3.8, 4) is 11.3 Å². The van der Waals surface area contributed by atoms with Crippen LogP contribution in [0.15, 0.2) is 18.2 Å². The van der Waals surface area contributed by atoms with Gasteiger partial charge in [0.1, 0.15) is 5.69 Å². The van der Waals surface area contributed by atoms with Crippen molar-refractivity contribution in [1.29, 1.82) is 0 Å². The summed E-state index contributed by atoms with van der Waals surface area (Å²) < 4.78 is 31.4. The number of nitrogen functional groups attached to an aromatic ring is 1.